The number of nitrogens with one attached hydrogen (secondary N) is 2. The van der Waals surface area contributed by atoms with Gasteiger partial charge in [-0.25, -0.2) is 0 Å². The number of carbonyl (C=O) groups is 1. The van der Waals surface area contributed by atoms with Crippen LogP contribution >= 0.6 is 0 Å². The maximum atomic E-state index is 11.1. The molecule has 0 radical (unpaired) electrons. The summed E-state index contributed by atoms with van der Waals surface area (Å²) >= 11 is -1.63. The van der Waals surface area contributed by atoms with E-state index in [0.717, 1.165) is 0 Å². The van der Waals surface area contributed by atoms with E-state index < -0.39 is 28.6 Å². The molecule has 0 heterocycles. The first-order chi connectivity index (χ1) is 6.11. The number of hydrogen-bond donors (Lipinski definition) is 3. The number of carbonyl (C=O) groups excluding carboxylic acids is 1. The van der Waals surface area contributed by atoms with Crippen molar-refractivity contribution in [2.45, 2.75) is 26.3 Å². The van der Waals surface area contributed by atoms with E-state index in [-0.39, 0.29) is 5.92 Å². The SMILES string of the molecule is CC(C)C[C@H](NNO)C(=O)[O][V]=[O]. The van der Waals surface area contributed by atoms with Crippen LogP contribution in [0.25, 0.3) is 0 Å². The molecule has 0 aliphatic heterocycles. The topological polar surface area (TPSA) is 87.7 Å². The van der Waals surface area contributed by atoms with Gasteiger partial charge < -0.3 is 0 Å². The standard InChI is InChI=1S/C6H14N2O3.O.V/c1-4(2)3-5(6(9)10)7-8-11;;/h4-5,7-8,11H,3H2,1-2H3,(H,9,10);;/q;;+1/p-1/t5-;;/m0../s1. The first-order valence-corrected chi connectivity index (χ1v) is 4.94. The van der Waals surface area contributed by atoms with Crippen molar-refractivity contribution in [1.29, 1.82) is 0 Å². The zero-order valence-corrected chi connectivity index (χ0v) is 8.88. The fourth-order valence-corrected chi connectivity index (χ4v) is 1.18. The van der Waals surface area contributed by atoms with Crippen LogP contribution in [0.1, 0.15) is 20.3 Å². The van der Waals surface area contributed by atoms with Crippen LogP contribution in [0.5, 0.6) is 0 Å². The Labute approximate surface area is 83.6 Å². The summed E-state index contributed by atoms with van der Waals surface area (Å²) in [6.07, 6.45) is 0.494. The fourth-order valence-electron chi connectivity index (χ4n) is 0.864. The van der Waals surface area contributed by atoms with Crippen LogP contribution in [0, 0.1) is 5.92 Å². The summed E-state index contributed by atoms with van der Waals surface area (Å²) in [7, 11) is 0. The Bertz CT molecular complexity index is 176. The van der Waals surface area contributed by atoms with Crippen molar-refractivity contribution < 1.29 is 33.9 Å². The Morgan fingerprint density at radius 2 is 2.23 bits per heavy atom. The van der Waals surface area contributed by atoms with Crippen molar-refractivity contribution in [3.8, 4) is 0 Å². The molecule has 0 aromatic carbocycles. The van der Waals surface area contributed by atoms with Crippen molar-refractivity contribution in [3.63, 3.8) is 0 Å². The van der Waals surface area contributed by atoms with Gasteiger partial charge in [0.2, 0.25) is 0 Å². The molecule has 76 valence electrons. The summed E-state index contributed by atoms with van der Waals surface area (Å²) in [4.78, 5) is 11.1. The average Bonchev–Trinajstić information content (AvgIpc) is 2.03. The average molecular weight is 228 g/mol. The molecule has 0 bridgehead atoms. The number of rotatable bonds is 6. The van der Waals surface area contributed by atoms with E-state index in [2.05, 4.69) is 9.09 Å². The summed E-state index contributed by atoms with van der Waals surface area (Å²) in [6.45, 7) is 3.84. The summed E-state index contributed by atoms with van der Waals surface area (Å²) in [6, 6.07) is -0.672. The molecule has 7 heteroatoms. The molecule has 0 rings (SSSR count). The molecule has 0 fully saturated rings. The van der Waals surface area contributed by atoms with Gasteiger partial charge in [0.25, 0.3) is 0 Å². The Balaban J connectivity index is 4.05. The summed E-state index contributed by atoms with van der Waals surface area (Å²) < 4.78 is 14.4. The van der Waals surface area contributed by atoms with Crippen LogP contribution in [0.3, 0.4) is 0 Å². The Morgan fingerprint density at radius 1 is 1.62 bits per heavy atom. The molecule has 0 amide bonds. The Morgan fingerprint density at radius 3 is 2.62 bits per heavy atom. The molecule has 0 saturated heterocycles. The second-order valence-corrected chi connectivity index (χ2v) is 3.44. The van der Waals surface area contributed by atoms with Gasteiger partial charge in [0.1, 0.15) is 0 Å². The molecule has 0 aliphatic carbocycles. The molecule has 0 aliphatic rings. The molecule has 0 aromatic heterocycles. The van der Waals surface area contributed by atoms with Crippen molar-refractivity contribution in [2.24, 2.45) is 5.92 Å². The third kappa shape index (κ3) is 5.89. The summed E-state index contributed by atoms with van der Waals surface area (Å²) in [5.74, 6) is -0.355. The van der Waals surface area contributed by atoms with E-state index in [4.69, 9.17) is 5.21 Å². The van der Waals surface area contributed by atoms with Crippen LogP contribution in [0.15, 0.2) is 0 Å². The molecule has 1 atom stereocenters. The van der Waals surface area contributed by atoms with Gasteiger partial charge in [-0.1, -0.05) is 0 Å². The minimum absolute atomic E-state index is 0.265. The van der Waals surface area contributed by atoms with Crippen molar-refractivity contribution in [2.75, 3.05) is 0 Å². The second kappa shape index (κ2) is 7.17. The van der Waals surface area contributed by atoms with E-state index in [1.165, 1.54) is 0 Å². The predicted molar refractivity (Wildman–Crippen MR) is 38.1 cm³/mol. The van der Waals surface area contributed by atoms with Crippen molar-refractivity contribution in [1.82, 2.24) is 11.0 Å². The van der Waals surface area contributed by atoms with Crippen LogP contribution in [-0.2, 0) is 28.7 Å². The molecule has 0 unspecified atom stereocenters. The van der Waals surface area contributed by atoms with Crippen molar-refractivity contribution >= 4 is 5.97 Å². The molecule has 6 nitrogen and oxygen atoms in total. The molecule has 0 saturated carbocycles. The van der Waals surface area contributed by atoms with Gasteiger partial charge >= 0.3 is 83.1 Å². The van der Waals surface area contributed by atoms with Gasteiger partial charge in [-0.3, -0.25) is 0 Å². The first-order valence-electron chi connectivity index (χ1n) is 3.80. The third-order valence-electron chi connectivity index (χ3n) is 1.36. The molecule has 3 N–H and O–H groups in total. The first kappa shape index (κ1) is 12.7. The summed E-state index contributed by atoms with van der Waals surface area (Å²) in [5, 5.41) is 8.33. The van der Waals surface area contributed by atoms with E-state index in [1.807, 2.05) is 13.8 Å². The molecule has 13 heavy (non-hydrogen) atoms. The Kier molecular flexibility index (Phi) is 7.02. The van der Waals surface area contributed by atoms with Gasteiger partial charge in [-0.05, 0) is 0 Å². The monoisotopic (exact) mass is 228 g/mol. The van der Waals surface area contributed by atoms with Gasteiger partial charge in [0.15, 0.2) is 0 Å². The minimum atomic E-state index is -1.63. The fraction of sp³-hybridized carbons (Fsp3) is 0.833. The van der Waals surface area contributed by atoms with Crippen LogP contribution in [0.4, 0.5) is 0 Å². The van der Waals surface area contributed by atoms with E-state index in [1.54, 1.807) is 5.59 Å². The van der Waals surface area contributed by atoms with Crippen LogP contribution < -0.4 is 11.0 Å². The van der Waals surface area contributed by atoms with Crippen LogP contribution in [-0.4, -0.2) is 17.2 Å². The normalized spacial score (nSPS) is 12.6. The predicted octanol–water partition coefficient (Wildman–Crippen LogP) is -0.229. The van der Waals surface area contributed by atoms with E-state index >= 15 is 0 Å². The number of hydrogen-bond acceptors (Lipinski definition) is 6. The number of hydrazine groups is 1. The van der Waals surface area contributed by atoms with E-state index in [9.17, 15) is 8.47 Å². The van der Waals surface area contributed by atoms with Gasteiger partial charge in [-0.2, -0.15) is 0 Å². The van der Waals surface area contributed by atoms with Gasteiger partial charge in [-0.15, -0.1) is 0 Å². The molecule has 0 aromatic rings. The second-order valence-electron chi connectivity index (χ2n) is 2.92. The van der Waals surface area contributed by atoms with Crippen LogP contribution in [0.2, 0.25) is 0 Å². The quantitative estimate of drug-likeness (QED) is 0.544. The Hall–Kier alpha value is -0.266. The van der Waals surface area contributed by atoms with Gasteiger partial charge in [0.05, 0.1) is 0 Å². The van der Waals surface area contributed by atoms with E-state index in [0.29, 0.717) is 6.42 Å². The molecule has 0 spiro atoms. The zero-order chi connectivity index (χ0) is 10.3. The summed E-state index contributed by atoms with van der Waals surface area (Å²) in [5.41, 5.74) is 3.98. The molecular weight excluding hydrogens is 215 g/mol. The van der Waals surface area contributed by atoms with Crippen molar-refractivity contribution in [3.05, 3.63) is 0 Å². The third-order valence-corrected chi connectivity index (χ3v) is 1.76. The molecular formula is C6H13N2O4V. The van der Waals surface area contributed by atoms with Gasteiger partial charge in [0, 0.05) is 0 Å². The maximum absolute atomic E-state index is 11.1. The zero-order valence-electron chi connectivity index (χ0n) is 7.48.